The highest BCUT2D eigenvalue weighted by Crippen LogP contribution is 2.29. The highest BCUT2D eigenvalue weighted by molar-refractivity contribution is 7.99. The molecule has 0 saturated heterocycles. The normalized spacial score (nSPS) is 11.3. The second-order valence-electron chi connectivity index (χ2n) is 7.58. The lowest BCUT2D eigenvalue weighted by atomic mass is 10.2. The molecule has 1 aromatic heterocycles. The zero-order valence-electron chi connectivity index (χ0n) is 19.5. The first-order chi connectivity index (χ1) is 17.1. The summed E-state index contributed by atoms with van der Waals surface area (Å²) < 4.78 is 7.22. The Labute approximate surface area is 208 Å². The lowest BCUT2D eigenvalue weighted by Crippen LogP contribution is -2.19. The molecule has 7 nitrogen and oxygen atoms in total. The van der Waals surface area contributed by atoms with E-state index in [0.717, 1.165) is 28.1 Å². The summed E-state index contributed by atoms with van der Waals surface area (Å²) in [5, 5.41) is 13.4. The molecule has 0 saturated carbocycles. The van der Waals surface area contributed by atoms with E-state index in [4.69, 9.17) is 4.74 Å². The Bertz CT molecular complexity index is 1310. The number of methoxy groups -OCH3 is 1. The molecule has 3 aromatic carbocycles. The Kier molecular flexibility index (Phi) is 8.08. The maximum absolute atomic E-state index is 12.3. The van der Waals surface area contributed by atoms with Gasteiger partial charge in [-0.05, 0) is 55.0 Å². The summed E-state index contributed by atoms with van der Waals surface area (Å²) in [6, 6.07) is 25.6. The van der Waals surface area contributed by atoms with Gasteiger partial charge in [-0.25, -0.2) is 5.43 Å². The zero-order chi connectivity index (χ0) is 24.5. The van der Waals surface area contributed by atoms with Crippen LogP contribution in [-0.2, 0) is 4.79 Å². The minimum Gasteiger partial charge on any atom is -0.497 e. The number of hydrogen-bond donors (Lipinski definition) is 1. The maximum Gasteiger partial charge on any atom is 0.250 e. The van der Waals surface area contributed by atoms with Crippen LogP contribution in [0, 0.1) is 6.92 Å². The van der Waals surface area contributed by atoms with E-state index in [1.165, 1.54) is 11.8 Å². The average molecular weight is 484 g/mol. The number of hydrazone groups is 1. The Morgan fingerprint density at radius 1 is 1.03 bits per heavy atom. The van der Waals surface area contributed by atoms with Gasteiger partial charge in [-0.15, -0.1) is 10.2 Å². The molecule has 0 bridgehead atoms. The van der Waals surface area contributed by atoms with E-state index in [0.29, 0.717) is 11.0 Å². The van der Waals surface area contributed by atoms with Crippen molar-refractivity contribution in [1.29, 1.82) is 0 Å². The monoisotopic (exact) mass is 483 g/mol. The number of aryl methyl sites for hydroxylation is 1. The van der Waals surface area contributed by atoms with Crippen LogP contribution in [0.3, 0.4) is 0 Å². The molecule has 0 fully saturated rings. The molecule has 4 aromatic rings. The molecule has 1 N–H and O–H groups in total. The number of carbonyl (C=O) groups is 1. The Hall–Kier alpha value is -4.17. The van der Waals surface area contributed by atoms with Gasteiger partial charge in [0, 0.05) is 17.5 Å². The van der Waals surface area contributed by atoms with Gasteiger partial charge < -0.3 is 4.74 Å². The number of carbonyl (C=O) groups excluding carboxylic acids is 1. The van der Waals surface area contributed by atoms with Crippen molar-refractivity contribution < 1.29 is 9.53 Å². The number of amides is 1. The number of nitrogens with one attached hydrogen (secondary N) is 1. The van der Waals surface area contributed by atoms with Crippen LogP contribution in [0.15, 0.2) is 95.2 Å². The molecule has 35 heavy (non-hydrogen) atoms. The van der Waals surface area contributed by atoms with Gasteiger partial charge in [-0.1, -0.05) is 65.9 Å². The van der Waals surface area contributed by atoms with Gasteiger partial charge >= 0.3 is 0 Å². The third-order valence-electron chi connectivity index (χ3n) is 5.04. The number of rotatable bonds is 9. The van der Waals surface area contributed by atoms with E-state index in [2.05, 4.69) is 20.7 Å². The third kappa shape index (κ3) is 6.45. The van der Waals surface area contributed by atoms with Gasteiger partial charge in [0.15, 0.2) is 11.0 Å². The first-order valence-corrected chi connectivity index (χ1v) is 12.0. The highest BCUT2D eigenvalue weighted by atomic mass is 32.2. The Morgan fingerprint density at radius 3 is 2.49 bits per heavy atom. The van der Waals surface area contributed by atoms with Crippen LogP contribution in [-0.4, -0.2) is 39.7 Å². The molecule has 0 aliphatic rings. The van der Waals surface area contributed by atoms with Crippen LogP contribution in [0.2, 0.25) is 0 Å². The smallest absolute Gasteiger partial charge is 0.250 e. The molecule has 8 heteroatoms. The van der Waals surface area contributed by atoms with Crippen molar-refractivity contribution in [2.45, 2.75) is 12.1 Å². The van der Waals surface area contributed by atoms with Crippen LogP contribution in [0.5, 0.6) is 5.75 Å². The van der Waals surface area contributed by atoms with Crippen LogP contribution >= 0.6 is 11.8 Å². The largest absolute Gasteiger partial charge is 0.497 e. The van der Waals surface area contributed by atoms with Crippen molar-refractivity contribution in [3.05, 3.63) is 96.1 Å². The predicted molar refractivity (Wildman–Crippen MR) is 141 cm³/mol. The van der Waals surface area contributed by atoms with E-state index >= 15 is 0 Å². The van der Waals surface area contributed by atoms with Gasteiger partial charge in [0.2, 0.25) is 0 Å². The minimum absolute atomic E-state index is 0.145. The highest BCUT2D eigenvalue weighted by Gasteiger charge is 2.17. The number of hydrogen-bond acceptors (Lipinski definition) is 6. The quantitative estimate of drug-likeness (QED) is 0.202. The summed E-state index contributed by atoms with van der Waals surface area (Å²) in [4.78, 5) is 12.3. The van der Waals surface area contributed by atoms with Crippen molar-refractivity contribution in [2.75, 3.05) is 12.9 Å². The fourth-order valence-electron chi connectivity index (χ4n) is 3.25. The van der Waals surface area contributed by atoms with Crippen molar-refractivity contribution in [3.8, 4) is 22.8 Å². The molecule has 176 valence electrons. The lowest BCUT2D eigenvalue weighted by molar-refractivity contribution is -0.118. The van der Waals surface area contributed by atoms with Gasteiger partial charge in [0.25, 0.3) is 5.91 Å². The molecule has 0 aliphatic carbocycles. The molecule has 0 unspecified atom stereocenters. The van der Waals surface area contributed by atoms with Crippen LogP contribution in [0.4, 0.5) is 0 Å². The van der Waals surface area contributed by atoms with E-state index in [1.54, 1.807) is 19.4 Å². The van der Waals surface area contributed by atoms with Crippen molar-refractivity contribution in [1.82, 2.24) is 20.2 Å². The van der Waals surface area contributed by atoms with Crippen LogP contribution < -0.4 is 10.2 Å². The molecular weight excluding hydrogens is 458 g/mol. The summed E-state index contributed by atoms with van der Waals surface area (Å²) in [6.07, 6.45) is 5.24. The number of thioether (sulfide) groups is 1. The zero-order valence-corrected chi connectivity index (χ0v) is 20.3. The van der Waals surface area contributed by atoms with Crippen LogP contribution in [0.25, 0.3) is 23.2 Å². The topological polar surface area (TPSA) is 81.4 Å². The Balaban J connectivity index is 1.46. The first-order valence-electron chi connectivity index (χ1n) is 11.0. The molecule has 4 rings (SSSR count). The van der Waals surface area contributed by atoms with Gasteiger partial charge in [0.1, 0.15) is 5.75 Å². The summed E-state index contributed by atoms with van der Waals surface area (Å²) in [6.45, 7) is 2.04. The van der Waals surface area contributed by atoms with Crippen molar-refractivity contribution in [2.24, 2.45) is 5.10 Å². The molecule has 0 spiro atoms. The molecule has 1 amide bonds. The first kappa shape index (κ1) is 24.0. The summed E-state index contributed by atoms with van der Waals surface area (Å²) >= 11 is 1.30. The number of aromatic nitrogens is 3. The predicted octanol–water partition coefficient (Wildman–Crippen LogP) is 5.16. The van der Waals surface area contributed by atoms with Gasteiger partial charge in [0.05, 0.1) is 12.9 Å². The third-order valence-corrected chi connectivity index (χ3v) is 5.97. The van der Waals surface area contributed by atoms with E-state index < -0.39 is 0 Å². The number of nitrogens with zero attached hydrogens (tertiary/aromatic N) is 4. The Morgan fingerprint density at radius 2 is 1.77 bits per heavy atom. The summed E-state index contributed by atoms with van der Waals surface area (Å²) in [7, 11) is 1.63. The molecule has 0 aliphatic heterocycles. The fourth-order valence-corrected chi connectivity index (χ4v) is 3.99. The fraction of sp³-hybridized carbons (Fsp3) is 0.111. The van der Waals surface area contributed by atoms with E-state index in [9.17, 15) is 4.79 Å². The van der Waals surface area contributed by atoms with Crippen molar-refractivity contribution >= 4 is 30.0 Å². The second-order valence-corrected chi connectivity index (χ2v) is 8.52. The van der Waals surface area contributed by atoms with Crippen molar-refractivity contribution in [3.63, 3.8) is 0 Å². The van der Waals surface area contributed by atoms with E-state index in [1.807, 2.05) is 96.4 Å². The summed E-state index contributed by atoms with van der Waals surface area (Å²) in [5.74, 6) is 1.36. The van der Waals surface area contributed by atoms with E-state index in [-0.39, 0.29) is 11.7 Å². The average Bonchev–Trinajstić information content (AvgIpc) is 3.32. The molecule has 0 radical (unpaired) electrons. The SMILES string of the molecule is COc1ccc(-c2nnc(SCC(=O)N/N=C\C=C\c3ccccc3)n2-c2ccc(C)cc2)cc1. The number of ether oxygens (including phenoxy) is 1. The second kappa shape index (κ2) is 11.8. The standard InChI is InChI=1S/C27H25N5O2S/c1-20-10-14-23(15-11-20)32-26(22-12-16-24(34-2)17-13-22)30-31-27(32)35-19-25(33)29-28-18-6-9-21-7-4-3-5-8-21/h3-18H,19H2,1-2H3,(H,29,33)/b9-6+,28-18-. The lowest BCUT2D eigenvalue weighted by Gasteiger charge is -2.11. The number of allylic oxidation sites excluding steroid dienone is 1. The molecule has 0 atom stereocenters. The molecular formula is C27H25N5O2S. The number of benzene rings is 3. The van der Waals surface area contributed by atoms with Gasteiger partial charge in [-0.3, -0.25) is 9.36 Å². The minimum atomic E-state index is -0.233. The summed E-state index contributed by atoms with van der Waals surface area (Å²) in [5.41, 5.74) is 6.57. The van der Waals surface area contributed by atoms with Crippen LogP contribution in [0.1, 0.15) is 11.1 Å². The maximum atomic E-state index is 12.3. The van der Waals surface area contributed by atoms with Gasteiger partial charge in [-0.2, -0.15) is 5.10 Å². The molecule has 1 heterocycles.